The lowest BCUT2D eigenvalue weighted by Gasteiger charge is -2.15. The van der Waals surface area contributed by atoms with E-state index in [-0.39, 0.29) is 29.9 Å². The number of esters is 1. The first kappa shape index (κ1) is 15.9. The van der Waals surface area contributed by atoms with Gasteiger partial charge in [-0.15, -0.1) is 0 Å². The summed E-state index contributed by atoms with van der Waals surface area (Å²) in [5.74, 6) is -0.0437. The van der Waals surface area contributed by atoms with Crippen LogP contribution in [0.5, 0.6) is 17.2 Å². The van der Waals surface area contributed by atoms with Crippen LogP contribution in [0, 0.1) is 0 Å². The van der Waals surface area contributed by atoms with Gasteiger partial charge in [0.2, 0.25) is 5.75 Å². The molecule has 0 saturated heterocycles. The minimum Gasteiger partial charge on any atom is -0.493 e. The topological polar surface area (TPSA) is 83.1 Å². The second kappa shape index (κ2) is 7.02. The molecule has 1 aliphatic rings. The maximum atomic E-state index is 12.1. The van der Waals surface area contributed by atoms with Crippen LogP contribution in [-0.2, 0) is 9.53 Å². The molecule has 1 fully saturated rings. The first-order valence-electron chi connectivity index (χ1n) is 6.86. The molecular formula is C15H19NO6. The van der Waals surface area contributed by atoms with Crippen LogP contribution in [0.3, 0.4) is 0 Å². The third kappa shape index (κ3) is 3.60. The molecular weight excluding hydrogens is 290 g/mol. The summed E-state index contributed by atoms with van der Waals surface area (Å²) in [4.78, 5) is 23.7. The van der Waals surface area contributed by atoms with Crippen molar-refractivity contribution in [1.82, 2.24) is 5.32 Å². The molecule has 0 bridgehead atoms. The normalized spacial score (nSPS) is 13.2. The maximum absolute atomic E-state index is 12.1. The summed E-state index contributed by atoms with van der Waals surface area (Å²) in [7, 11) is 4.34. The molecule has 1 aromatic carbocycles. The number of carbonyl (C=O) groups excluding carboxylic acids is 2. The summed E-state index contributed by atoms with van der Waals surface area (Å²) in [5, 5.41) is 2.74. The quantitative estimate of drug-likeness (QED) is 0.761. The van der Waals surface area contributed by atoms with Crippen LogP contribution in [0.1, 0.15) is 23.2 Å². The molecule has 0 atom stereocenters. The summed E-state index contributed by atoms with van der Waals surface area (Å²) in [6.45, 7) is -0.327. The van der Waals surface area contributed by atoms with Crippen LogP contribution in [-0.4, -0.2) is 45.9 Å². The second-order valence-corrected chi connectivity index (χ2v) is 4.80. The average molecular weight is 309 g/mol. The number of hydrogen-bond donors (Lipinski definition) is 1. The van der Waals surface area contributed by atoms with E-state index in [9.17, 15) is 9.59 Å². The molecule has 1 aliphatic carbocycles. The lowest BCUT2D eigenvalue weighted by molar-refractivity contribution is -0.124. The molecule has 0 aromatic heterocycles. The Hall–Kier alpha value is -2.44. The van der Waals surface area contributed by atoms with Gasteiger partial charge in [0.05, 0.1) is 21.3 Å². The van der Waals surface area contributed by atoms with Gasteiger partial charge in [-0.2, -0.15) is 0 Å². The van der Waals surface area contributed by atoms with E-state index < -0.39 is 5.97 Å². The highest BCUT2D eigenvalue weighted by atomic mass is 16.5. The average Bonchev–Trinajstić information content (AvgIpc) is 3.34. The standard InChI is InChI=1S/C15H19NO6/c1-19-11-7-6-10(13(20-2)14(11)21-3)15(18)22-8-12(17)16-9-4-5-9/h6-7,9H,4-5,8H2,1-3H3,(H,16,17). The molecule has 0 radical (unpaired) electrons. The van der Waals surface area contributed by atoms with Crippen molar-refractivity contribution in [3.05, 3.63) is 17.7 Å². The van der Waals surface area contributed by atoms with E-state index >= 15 is 0 Å². The van der Waals surface area contributed by atoms with E-state index in [1.165, 1.54) is 27.4 Å². The van der Waals surface area contributed by atoms with Crippen LogP contribution in [0.2, 0.25) is 0 Å². The van der Waals surface area contributed by atoms with E-state index in [0.29, 0.717) is 11.5 Å². The van der Waals surface area contributed by atoms with Gasteiger partial charge in [-0.25, -0.2) is 4.79 Å². The van der Waals surface area contributed by atoms with Crippen LogP contribution in [0.15, 0.2) is 12.1 Å². The molecule has 1 saturated carbocycles. The molecule has 0 heterocycles. The van der Waals surface area contributed by atoms with Crippen molar-refractivity contribution in [3.8, 4) is 17.2 Å². The van der Waals surface area contributed by atoms with Crippen LogP contribution < -0.4 is 19.5 Å². The summed E-state index contributed by atoms with van der Waals surface area (Å²) in [6.07, 6.45) is 1.95. The number of nitrogens with one attached hydrogen (secondary N) is 1. The summed E-state index contributed by atoms with van der Waals surface area (Å²) in [5.41, 5.74) is 0.166. The van der Waals surface area contributed by atoms with Crippen molar-refractivity contribution >= 4 is 11.9 Å². The van der Waals surface area contributed by atoms with Gasteiger partial charge in [0.1, 0.15) is 5.56 Å². The van der Waals surface area contributed by atoms with E-state index in [1.807, 2.05) is 0 Å². The number of carbonyl (C=O) groups is 2. The Bertz CT molecular complexity index is 567. The molecule has 1 amide bonds. The predicted octanol–water partition coefficient (Wildman–Crippen LogP) is 1.15. The lowest BCUT2D eigenvalue weighted by atomic mass is 10.1. The number of benzene rings is 1. The van der Waals surface area contributed by atoms with E-state index in [0.717, 1.165) is 12.8 Å². The third-order valence-corrected chi connectivity index (χ3v) is 3.20. The van der Waals surface area contributed by atoms with Crippen molar-refractivity contribution in [2.45, 2.75) is 18.9 Å². The summed E-state index contributed by atoms with van der Waals surface area (Å²) < 4.78 is 20.6. The molecule has 1 N–H and O–H groups in total. The highest BCUT2D eigenvalue weighted by molar-refractivity contribution is 5.95. The Balaban J connectivity index is 2.09. The van der Waals surface area contributed by atoms with Crippen molar-refractivity contribution in [2.24, 2.45) is 0 Å². The zero-order chi connectivity index (χ0) is 16.1. The minimum absolute atomic E-state index is 0.166. The van der Waals surface area contributed by atoms with Gasteiger partial charge < -0.3 is 24.3 Å². The summed E-state index contributed by atoms with van der Waals surface area (Å²) >= 11 is 0. The molecule has 7 nitrogen and oxygen atoms in total. The van der Waals surface area contributed by atoms with Gasteiger partial charge in [-0.05, 0) is 25.0 Å². The van der Waals surface area contributed by atoms with E-state index in [2.05, 4.69) is 5.32 Å². The number of ether oxygens (including phenoxy) is 4. The third-order valence-electron chi connectivity index (χ3n) is 3.20. The van der Waals surface area contributed by atoms with Gasteiger partial charge in [-0.1, -0.05) is 0 Å². The van der Waals surface area contributed by atoms with Crippen molar-refractivity contribution in [1.29, 1.82) is 0 Å². The lowest BCUT2D eigenvalue weighted by Crippen LogP contribution is -2.30. The van der Waals surface area contributed by atoms with Crippen LogP contribution >= 0.6 is 0 Å². The molecule has 1 aromatic rings. The van der Waals surface area contributed by atoms with Crippen molar-refractivity contribution < 1.29 is 28.5 Å². The Morgan fingerprint density at radius 2 is 1.77 bits per heavy atom. The maximum Gasteiger partial charge on any atom is 0.342 e. The SMILES string of the molecule is COc1ccc(C(=O)OCC(=O)NC2CC2)c(OC)c1OC. The van der Waals surface area contributed by atoms with Crippen LogP contribution in [0.25, 0.3) is 0 Å². The van der Waals surface area contributed by atoms with Gasteiger partial charge in [0, 0.05) is 6.04 Å². The Morgan fingerprint density at radius 1 is 1.09 bits per heavy atom. The fourth-order valence-corrected chi connectivity index (χ4v) is 1.97. The highest BCUT2D eigenvalue weighted by Crippen LogP contribution is 2.39. The van der Waals surface area contributed by atoms with Gasteiger partial charge >= 0.3 is 5.97 Å². The molecule has 0 spiro atoms. The van der Waals surface area contributed by atoms with E-state index in [1.54, 1.807) is 6.07 Å². The number of hydrogen-bond acceptors (Lipinski definition) is 6. The fraction of sp³-hybridized carbons (Fsp3) is 0.467. The largest absolute Gasteiger partial charge is 0.493 e. The second-order valence-electron chi connectivity index (χ2n) is 4.80. The van der Waals surface area contributed by atoms with Crippen molar-refractivity contribution in [3.63, 3.8) is 0 Å². The van der Waals surface area contributed by atoms with Crippen LogP contribution in [0.4, 0.5) is 0 Å². The first-order chi connectivity index (χ1) is 10.6. The number of rotatable bonds is 7. The fourth-order valence-electron chi connectivity index (χ4n) is 1.97. The Labute approximate surface area is 128 Å². The molecule has 22 heavy (non-hydrogen) atoms. The number of methoxy groups -OCH3 is 3. The monoisotopic (exact) mass is 309 g/mol. The van der Waals surface area contributed by atoms with Crippen molar-refractivity contribution in [2.75, 3.05) is 27.9 Å². The Morgan fingerprint density at radius 3 is 2.32 bits per heavy atom. The van der Waals surface area contributed by atoms with E-state index in [4.69, 9.17) is 18.9 Å². The minimum atomic E-state index is -0.663. The molecule has 120 valence electrons. The number of amides is 1. The van der Waals surface area contributed by atoms with Gasteiger partial charge in [0.15, 0.2) is 18.1 Å². The molecule has 7 heteroatoms. The van der Waals surface area contributed by atoms with Gasteiger partial charge in [-0.3, -0.25) is 4.79 Å². The molecule has 0 aliphatic heterocycles. The summed E-state index contributed by atoms with van der Waals surface area (Å²) in [6, 6.07) is 3.30. The zero-order valence-electron chi connectivity index (χ0n) is 12.8. The molecule has 0 unspecified atom stereocenters. The molecule has 2 rings (SSSR count). The Kier molecular flexibility index (Phi) is 5.08. The predicted molar refractivity (Wildman–Crippen MR) is 77.5 cm³/mol. The zero-order valence-corrected chi connectivity index (χ0v) is 12.8. The first-order valence-corrected chi connectivity index (χ1v) is 6.86. The van der Waals surface area contributed by atoms with Gasteiger partial charge in [0.25, 0.3) is 5.91 Å². The highest BCUT2D eigenvalue weighted by Gasteiger charge is 2.25. The smallest absolute Gasteiger partial charge is 0.342 e.